The lowest BCUT2D eigenvalue weighted by molar-refractivity contribution is 0.290. The molecule has 0 saturated heterocycles. The first-order valence-electron chi connectivity index (χ1n) is 8.02. The first-order chi connectivity index (χ1) is 8.74. The van der Waals surface area contributed by atoms with Gasteiger partial charge >= 0.3 is 0 Å². The fraction of sp³-hybridized carbons (Fsp3) is 1.00. The van der Waals surface area contributed by atoms with Crippen LogP contribution in [0, 0.1) is 17.8 Å². The molecule has 1 aliphatic rings. The van der Waals surface area contributed by atoms with Crippen molar-refractivity contribution in [2.24, 2.45) is 17.8 Å². The van der Waals surface area contributed by atoms with Crippen LogP contribution in [-0.2, 0) is 0 Å². The Hall–Kier alpha value is 0.310. The maximum atomic E-state index is 3.70. The highest BCUT2D eigenvalue weighted by atomic mass is 32.2. The zero-order valence-electron chi connectivity index (χ0n) is 12.7. The monoisotopic (exact) mass is 271 g/mol. The van der Waals surface area contributed by atoms with Crippen molar-refractivity contribution in [2.75, 3.05) is 24.6 Å². The van der Waals surface area contributed by atoms with Gasteiger partial charge in [0.05, 0.1) is 0 Å². The molecule has 0 aliphatic heterocycles. The van der Waals surface area contributed by atoms with E-state index in [1.54, 1.807) is 0 Å². The Kier molecular flexibility index (Phi) is 9.22. The predicted molar refractivity (Wildman–Crippen MR) is 85.4 cm³/mol. The Balaban J connectivity index is 2.31. The van der Waals surface area contributed by atoms with Crippen molar-refractivity contribution >= 4 is 11.8 Å². The molecule has 0 amide bonds. The summed E-state index contributed by atoms with van der Waals surface area (Å²) in [5.74, 6) is 5.38. The van der Waals surface area contributed by atoms with Gasteiger partial charge in [0.15, 0.2) is 0 Å². The molecule has 1 saturated carbocycles. The molecule has 0 bridgehead atoms. The summed E-state index contributed by atoms with van der Waals surface area (Å²) in [5, 5.41) is 3.70. The Bertz CT molecular complexity index is 194. The molecule has 1 nitrogen and oxygen atoms in total. The normalized spacial score (nSPS) is 25.3. The highest BCUT2D eigenvalue weighted by Gasteiger charge is 2.22. The fourth-order valence-electron chi connectivity index (χ4n) is 3.05. The largest absolute Gasteiger partial charge is 0.316 e. The number of thioether (sulfide) groups is 1. The summed E-state index contributed by atoms with van der Waals surface area (Å²) in [6.07, 6.45) is 8.81. The van der Waals surface area contributed by atoms with E-state index in [4.69, 9.17) is 0 Å². The lowest BCUT2D eigenvalue weighted by Crippen LogP contribution is -2.30. The van der Waals surface area contributed by atoms with E-state index >= 15 is 0 Å². The van der Waals surface area contributed by atoms with E-state index in [2.05, 4.69) is 37.8 Å². The smallest absolute Gasteiger partial charge is 0.00178 e. The minimum atomic E-state index is 0.782. The summed E-state index contributed by atoms with van der Waals surface area (Å²) in [6.45, 7) is 9.33. The van der Waals surface area contributed by atoms with Crippen molar-refractivity contribution in [3.63, 3.8) is 0 Å². The summed E-state index contributed by atoms with van der Waals surface area (Å²) in [5.41, 5.74) is 0. The third-order valence-electron chi connectivity index (χ3n) is 4.11. The molecule has 2 atom stereocenters. The van der Waals surface area contributed by atoms with Crippen LogP contribution in [0.3, 0.4) is 0 Å². The second-order valence-electron chi connectivity index (χ2n) is 6.20. The van der Waals surface area contributed by atoms with Gasteiger partial charge in [-0.25, -0.2) is 0 Å². The molecule has 2 heteroatoms. The molecule has 0 heterocycles. The van der Waals surface area contributed by atoms with Gasteiger partial charge in [-0.05, 0) is 55.2 Å². The van der Waals surface area contributed by atoms with Gasteiger partial charge < -0.3 is 5.32 Å². The second-order valence-corrected chi connectivity index (χ2v) is 7.59. The molecule has 0 radical (unpaired) electrons. The van der Waals surface area contributed by atoms with Gasteiger partial charge in [-0.2, -0.15) is 11.8 Å². The van der Waals surface area contributed by atoms with E-state index in [0.29, 0.717) is 0 Å². The van der Waals surface area contributed by atoms with E-state index in [9.17, 15) is 0 Å². The van der Waals surface area contributed by atoms with Crippen LogP contribution in [0.1, 0.15) is 59.3 Å². The summed E-state index contributed by atoms with van der Waals surface area (Å²) >= 11 is 2.12. The second kappa shape index (κ2) is 10.1. The molecule has 2 unspecified atom stereocenters. The lowest BCUT2D eigenvalue weighted by atomic mass is 9.86. The van der Waals surface area contributed by atoms with Crippen LogP contribution >= 0.6 is 11.8 Å². The summed E-state index contributed by atoms with van der Waals surface area (Å²) in [6, 6.07) is 0. The molecule has 108 valence electrons. The first-order valence-corrected chi connectivity index (χ1v) is 9.18. The average molecular weight is 272 g/mol. The maximum Gasteiger partial charge on any atom is -0.00178 e. The maximum absolute atomic E-state index is 3.70. The van der Waals surface area contributed by atoms with Crippen molar-refractivity contribution in [3.05, 3.63) is 0 Å². The topological polar surface area (TPSA) is 12.0 Å². The third kappa shape index (κ3) is 7.04. The van der Waals surface area contributed by atoms with E-state index in [-0.39, 0.29) is 0 Å². The lowest BCUT2D eigenvalue weighted by Gasteiger charge is -2.26. The minimum absolute atomic E-state index is 0.782. The van der Waals surface area contributed by atoms with Gasteiger partial charge in [-0.1, -0.05) is 46.5 Å². The minimum Gasteiger partial charge on any atom is -0.316 e. The SMILES string of the molecule is CCSCCC1CCCCCC1CNCC(C)C. The van der Waals surface area contributed by atoms with Crippen molar-refractivity contribution in [3.8, 4) is 0 Å². The van der Waals surface area contributed by atoms with Gasteiger partial charge in [0.1, 0.15) is 0 Å². The zero-order valence-corrected chi connectivity index (χ0v) is 13.5. The zero-order chi connectivity index (χ0) is 13.2. The molecule has 18 heavy (non-hydrogen) atoms. The number of hydrogen-bond acceptors (Lipinski definition) is 2. The third-order valence-corrected chi connectivity index (χ3v) is 5.05. The van der Waals surface area contributed by atoms with Crippen LogP contribution in [0.5, 0.6) is 0 Å². The van der Waals surface area contributed by atoms with Crippen molar-refractivity contribution < 1.29 is 0 Å². The average Bonchev–Trinajstić information content (AvgIpc) is 2.55. The molecule has 1 aliphatic carbocycles. The summed E-state index contributed by atoms with van der Waals surface area (Å²) < 4.78 is 0. The van der Waals surface area contributed by atoms with Crippen LogP contribution in [0.4, 0.5) is 0 Å². The quantitative estimate of drug-likeness (QED) is 0.512. The molecular formula is C16H33NS. The molecule has 1 fully saturated rings. The number of nitrogens with one attached hydrogen (secondary N) is 1. The Morgan fingerprint density at radius 3 is 2.50 bits per heavy atom. The Morgan fingerprint density at radius 2 is 1.83 bits per heavy atom. The number of rotatable bonds is 8. The molecule has 0 aromatic rings. The summed E-state index contributed by atoms with van der Waals surface area (Å²) in [4.78, 5) is 0. The standard InChI is InChI=1S/C16H33NS/c1-4-18-11-10-15-8-6-5-7-9-16(15)13-17-12-14(2)3/h14-17H,4-13H2,1-3H3. The molecule has 1 rings (SSSR count). The molecule has 0 aromatic heterocycles. The Labute approximate surface area is 119 Å². The van der Waals surface area contributed by atoms with Crippen molar-refractivity contribution in [1.29, 1.82) is 0 Å². The first kappa shape index (κ1) is 16.4. The van der Waals surface area contributed by atoms with Gasteiger partial charge in [-0.3, -0.25) is 0 Å². The van der Waals surface area contributed by atoms with Gasteiger partial charge in [0.2, 0.25) is 0 Å². The van der Waals surface area contributed by atoms with Gasteiger partial charge in [0, 0.05) is 0 Å². The molecule has 0 aromatic carbocycles. The molecular weight excluding hydrogens is 238 g/mol. The van der Waals surface area contributed by atoms with Crippen molar-refractivity contribution in [2.45, 2.75) is 59.3 Å². The van der Waals surface area contributed by atoms with Crippen LogP contribution in [-0.4, -0.2) is 24.6 Å². The Morgan fingerprint density at radius 1 is 1.11 bits per heavy atom. The predicted octanol–water partition coefficient (Wildman–Crippen LogP) is 4.57. The van der Waals surface area contributed by atoms with E-state index in [1.807, 2.05) is 0 Å². The molecule has 0 spiro atoms. The van der Waals surface area contributed by atoms with Gasteiger partial charge in [0.25, 0.3) is 0 Å². The number of hydrogen-bond donors (Lipinski definition) is 1. The highest BCUT2D eigenvalue weighted by Crippen LogP contribution is 2.31. The molecule has 1 N–H and O–H groups in total. The summed E-state index contributed by atoms with van der Waals surface area (Å²) in [7, 11) is 0. The highest BCUT2D eigenvalue weighted by molar-refractivity contribution is 7.99. The fourth-order valence-corrected chi connectivity index (χ4v) is 3.80. The van der Waals surface area contributed by atoms with E-state index in [0.717, 1.165) is 17.8 Å². The van der Waals surface area contributed by atoms with Crippen LogP contribution < -0.4 is 5.32 Å². The van der Waals surface area contributed by atoms with Gasteiger partial charge in [-0.15, -0.1) is 0 Å². The van der Waals surface area contributed by atoms with E-state index in [1.165, 1.54) is 63.1 Å². The van der Waals surface area contributed by atoms with Crippen LogP contribution in [0.25, 0.3) is 0 Å². The van der Waals surface area contributed by atoms with E-state index < -0.39 is 0 Å². The van der Waals surface area contributed by atoms with Crippen LogP contribution in [0.15, 0.2) is 0 Å². The van der Waals surface area contributed by atoms with Crippen molar-refractivity contribution in [1.82, 2.24) is 5.32 Å². The van der Waals surface area contributed by atoms with Crippen LogP contribution in [0.2, 0.25) is 0 Å².